The highest BCUT2D eigenvalue weighted by Gasteiger charge is 2.15. The summed E-state index contributed by atoms with van der Waals surface area (Å²) in [4.78, 5) is 17.2. The molecule has 5 nitrogen and oxygen atoms in total. The second-order valence-corrected chi connectivity index (χ2v) is 6.24. The Hall–Kier alpha value is -2.82. The molecule has 122 valence electrons. The van der Waals surface area contributed by atoms with Crippen molar-refractivity contribution >= 4 is 28.3 Å². The van der Waals surface area contributed by atoms with Gasteiger partial charge in [0.1, 0.15) is 5.82 Å². The van der Waals surface area contributed by atoms with E-state index in [1.807, 2.05) is 24.3 Å². The van der Waals surface area contributed by atoms with Gasteiger partial charge in [-0.25, -0.2) is 4.98 Å². The minimum absolute atomic E-state index is 0.201. The Balaban J connectivity index is 1.64. The number of nitrogens with one attached hydrogen (secondary N) is 1. The highest BCUT2D eigenvalue weighted by atomic mass is 16.1. The Kier molecular flexibility index (Phi) is 3.69. The molecule has 2 aromatic carbocycles. The minimum Gasteiger partial charge on any atom is -0.398 e. The number of fused-ring (bicyclic) bond motifs is 3. The molecule has 0 spiro atoms. The summed E-state index contributed by atoms with van der Waals surface area (Å²) in [7, 11) is 0. The standard InChI is InChI=1S/C19H20N4O/c20-15-7-4-3-6-14(15)19(24)21-13-9-10-17-16(12-13)22-18-8-2-1-5-11-23(17)18/h3-4,6-7,9-10,12H,1-2,5,8,11,20H2,(H,21,24). The van der Waals surface area contributed by atoms with Crippen molar-refractivity contribution in [1.82, 2.24) is 9.55 Å². The van der Waals surface area contributed by atoms with Crippen LogP contribution in [0.1, 0.15) is 35.4 Å². The van der Waals surface area contributed by atoms with Crippen molar-refractivity contribution in [3.05, 3.63) is 53.9 Å². The first-order valence-corrected chi connectivity index (χ1v) is 8.37. The van der Waals surface area contributed by atoms with Gasteiger partial charge >= 0.3 is 0 Å². The average Bonchev–Trinajstić information content (AvgIpc) is 2.75. The van der Waals surface area contributed by atoms with Crippen LogP contribution in [0.4, 0.5) is 11.4 Å². The number of para-hydroxylation sites is 1. The molecule has 1 aromatic heterocycles. The van der Waals surface area contributed by atoms with Gasteiger partial charge in [0.2, 0.25) is 0 Å². The molecule has 3 N–H and O–H groups in total. The third-order valence-corrected chi connectivity index (χ3v) is 4.57. The van der Waals surface area contributed by atoms with E-state index in [1.54, 1.807) is 18.2 Å². The predicted molar refractivity (Wildman–Crippen MR) is 96.1 cm³/mol. The first-order valence-electron chi connectivity index (χ1n) is 8.37. The Bertz CT molecular complexity index is 913. The van der Waals surface area contributed by atoms with Crippen molar-refractivity contribution in [3.63, 3.8) is 0 Å². The Labute approximate surface area is 140 Å². The van der Waals surface area contributed by atoms with Crippen LogP contribution in [0.25, 0.3) is 11.0 Å². The van der Waals surface area contributed by atoms with Crippen LogP contribution < -0.4 is 11.1 Å². The molecule has 0 atom stereocenters. The van der Waals surface area contributed by atoms with Crippen molar-refractivity contribution in [1.29, 1.82) is 0 Å². The molecule has 24 heavy (non-hydrogen) atoms. The number of hydrogen-bond acceptors (Lipinski definition) is 3. The summed E-state index contributed by atoms with van der Waals surface area (Å²) in [6.07, 6.45) is 4.68. The van der Waals surface area contributed by atoms with Gasteiger partial charge < -0.3 is 15.6 Å². The first-order chi connectivity index (χ1) is 11.7. The summed E-state index contributed by atoms with van der Waals surface area (Å²) in [6.45, 7) is 1.03. The number of carbonyl (C=O) groups is 1. The molecule has 3 aromatic rings. The fourth-order valence-electron chi connectivity index (χ4n) is 3.33. The number of hydrogen-bond donors (Lipinski definition) is 2. The van der Waals surface area contributed by atoms with Gasteiger partial charge in [0.15, 0.2) is 0 Å². The molecular weight excluding hydrogens is 300 g/mol. The van der Waals surface area contributed by atoms with Crippen LogP contribution in [0.5, 0.6) is 0 Å². The van der Waals surface area contributed by atoms with E-state index in [9.17, 15) is 4.79 Å². The molecule has 0 radical (unpaired) electrons. The quantitative estimate of drug-likeness (QED) is 0.709. The number of amides is 1. The normalized spacial score (nSPS) is 14.2. The average molecular weight is 320 g/mol. The number of nitrogens with two attached hydrogens (primary N) is 1. The number of nitrogen functional groups attached to an aromatic ring is 1. The van der Waals surface area contributed by atoms with Gasteiger partial charge in [0, 0.05) is 24.3 Å². The van der Waals surface area contributed by atoms with Gasteiger partial charge in [-0.15, -0.1) is 0 Å². The number of benzene rings is 2. The van der Waals surface area contributed by atoms with E-state index >= 15 is 0 Å². The summed E-state index contributed by atoms with van der Waals surface area (Å²) in [5, 5.41) is 2.92. The lowest BCUT2D eigenvalue weighted by molar-refractivity contribution is 0.102. The van der Waals surface area contributed by atoms with Crippen LogP contribution in [0.2, 0.25) is 0 Å². The van der Waals surface area contributed by atoms with Crippen LogP contribution in [0, 0.1) is 0 Å². The molecule has 5 heteroatoms. The summed E-state index contributed by atoms with van der Waals surface area (Å²) in [5.74, 6) is 0.950. The zero-order chi connectivity index (χ0) is 16.5. The summed E-state index contributed by atoms with van der Waals surface area (Å²) in [5.41, 5.74) is 9.65. The molecule has 0 bridgehead atoms. The maximum Gasteiger partial charge on any atom is 0.257 e. The zero-order valence-corrected chi connectivity index (χ0v) is 13.5. The molecular formula is C19H20N4O. The third-order valence-electron chi connectivity index (χ3n) is 4.57. The smallest absolute Gasteiger partial charge is 0.257 e. The molecule has 2 heterocycles. The molecule has 4 rings (SSSR count). The second kappa shape index (κ2) is 6.00. The first kappa shape index (κ1) is 14.8. The lowest BCUT2D eigenvalue weighted by Crippen LogP contribution is -2.13. The Morgan fingerprint density at radius 1 is 1.12 bits per heavy atom. The van der Waals surface area contributed by atoms with Gasteiger partial charge in [-0.2, -0.15) is 0 Å². The van der Waals surface area contributed by atoms with Crippen molar-refractivity contribution in [2.24, 2.45) is 0 Å². The summed E-state index contributed by atoms with van der Waals surface area (Å²) < 4.78 is 2.31. The van der Waals surface area contributed by atoms with E-state index in [0.29, 0.717) is 11.3 Å². The van der Waals surface area contributed by atoms with E-state index in [0.717, 1.165) is 35.5 Å². The van der Waals surface area contributed by atoms with Crippen LogP contribution in [0.15, 0.2) is 42.5 Å². The fraction of sp³-hybridized carbons (Fsp3) is 0.263. The number of nitrogens with zero attached hydrogens (tertiary/aromatic N) is 2. The molecule has 0 fully saturated rings. The number of carbonyl (C=O) groups excluding carboxylic acids is 1. The van der Waals surface area contributed by atoms with Gasteiger partial charge in [-0.1, -0.05) is 18.6 Å². The number of aromatic nitrogens is 2. The van der Waals surface area contributed by atoms with Crippen molar-refractivity contribution < 1.29 is 4.79 Å². The molecule has 0 aliphatic carbocycles. The van der Waals surface area contributed by atoms with Crippen LogP contribution >= 0.6 is 0 Å². The lowest BCUT2D eigenvalue weighted by atomic mass is 10.1. The maximum absolute atomic E-state index is 12.4. The highest BCUT2D eigenvalue weighted by molar-refractivity contribution is 6.08. The predicted octanol–water partition coefficient (Wildman–Crippen LogP) is 3.60. The third kappa shape index (κ3) is 2.62. The highest BCUT2D eigenvalue weighted by Crippen LogP contribution is 2.25. The van der Waals surface area contributed by atoms with Crippen LogP contribution in [-0.4, -0.2) is 15.5 Å². The second-order valence-electron chi connectivity index (χ2n) is 6.24. The SMILES string of the molecule is Nc1ccccc1C(=O)Nc1ccc2c(c1)nc1n2CCCCC1. The van der Waals surface area contributed by atoms with Gasteiger partial charge in [-0.3, -0.25) is 4.79 Å². The van der Waals surface area contributed by atoms with Crippen molar-refractivity contribution in [2.45, 2.75) is 32.2 Å². The van der Waals surface area contributed by atoms with E-state index in [-0.39, 0.29) is 5.91 Å². The zero-order valence-electron chi connectivity index (χ0n) is 13.5. The van der Waals surface area contributed by atoms with Crippen molar-refractivity contribution in [2.75, 3.05) is 11.1 Å². The van der Waals surface area contributed by atoms with Crippen LogP contribution in [0.3, 0.4) is 0 Å². The van der Waals surface area contributed by atoms with Gasteiger partial charge in [-0.05, 0) is 43.2 Å². The van der Waals surface area contributed by atoms with Gasteiger partial charge in [0.25, 0.3) is 5.91 Å². The minimum atomic E-state index is -0.201. The number of aryl methyl sites for hydroxylation is 2. The van der Waals surface area contributed by atoms with E-state index in [4.69, 9.17) is 10.7 Å². The number of imidazole rings is 1. The molecule has 0 saturated heterocycles. The Morgan fingerprint density at radius 3 is 2.88 bits per heavy atom. The van der Waals surface area contributed by atoms with Crippen LogP contribution in [-0.2, 0) is 13.0 Å². The number of rotatable bonds is 2. The lowest BCUT2D eigenvalue weighted by Gasteiger charge is -2.08. The molecule has 1 aliphatic rings. The maximum atomic E-state index is 12.4. The van der Waals surface area contributed by atoms with E-state index in [2.05, 4.69) is 9.88 Å². The van der Waals surface area contributed by atoms with Gasteiger partial charge in [0.05, 0.1) is 16.6 Å². The number of anilines is 2. The monoisotopic (exact) mass is 320 g/mol. The van der Waals surface area contributed by atoms with Crippen molar-refractivity contribution in [3.8, 4) is 0 Å². The van der Waals surface area contributed by atoms with E-state index < -0.39 is 0 Å². The van der Waals surface area contributed by atoms with E-state index in [1.165, 1.54) is 19.3 Å². The Morgan fingerprint density at radius 2 is 2.00 bits per heavy atom. The molecule has 0 unspecified atom stereocenters. The summed E-state index contributed by atoms with van der Waals surface area (Å²) >= 11 is 0. The largest absolute Gasteiger partial charge is 0.398 e. The molecule has 1 aliphatic heterocycles. The summed E-state index contributed by atoms with van der Waals surface area (Å²) in [6, 6.07) is 13.0. The fourth-order valence-corrected chi connectivity index (χ4v) is 3.33. The molecule has 0 saturated carbocycles. The molecule has 1 amide bonds. The topological polar surface area (TPSA) is 72.9 Å².